The monoisotopic (exact) mass is 1160 g/mol. The lowest BCUT2D eigenvalue weighted by Crippen LogP contribution is -2.34. The van der Waals surface area contributed by atoms with Crippen LogP contribution in [-0.4, -0.2) is 96.7 Å². The van der Waals surface area contributed by atoms with Crippen LogP contribution in [0.3, 0.4) is 0 Å². The number of hydrogen-bond acceptors (Lipinski definition) is 17. The molecule has 0 saturated carbocycles. The number of ether oxygens (including phenoxy) is 1. The second-order valence-electron chi connectivity index (χ2n) is 17.4. The predicted molar refractivity (Wildman–Crippen MR) is 318 cm³/mol. The van der Waals surface area contributed by atoms with Gasteiger partial charge in [0.2, 0.25) is 0 Å². The maximum atomic E-state index is 12.4. The molecule has 23 nitrogen and oxygen atoms in total. The highest BCUT2D eigenvalue weighted by atomic mass is 35.5. The first-order valence-electron chi connectivity index (χ1n) is 24.6. The van der Waals surface area contributed by atoms with E-state index in [4.69, 9.17) is 16.3 Å². The topological polar surface area (TPSA) is 309 Å². The number of amides is 6. The van der Waals surface area contributed by atoms with Gasteiger partial charge >= 0.3 is 18.1 Å². The number of thioether (sulfide) groups is 3. The Morgan fingerprint density at radius 2 is 0.938 bits per heavy atom. The molecule has 0 fully saturated rings. The van der Waals surface area contributed by atoms with Crippen molar-refractivity contribution < 1.29 is 19.1 Å². The molecule has 27 heteroatoms. The number of carbonyl (C=O) groups is 3. The number of pyridine rings is 1. The number of aromatic nitrogens is 13. The predicted octanol–water partition coefficient (Wildman–Crippen LogP) is 11.8. The summed E-state index contributed by atoms with van der Waals surface area (Å²) in [5, 5.41) is 43.0. The Hall–Kier alpha value is -9.37. The molecular weight excluding hydrogens is 1110 g/mol. The highest BCUT2D eigenvalue weighted by Gasteiger charge is 2.14. The molecule has 0 radical (unpaired) electrons. The molecule has 0 aliphatic rings. The van der Waals surface area contributed by atoms with Crippen LogP contribution in [0, 0.1) is 0 Å². The number of nitrogens with one attached hydrogen (secondary N) is 9. The van der Waals surface area contributed by atoms with E-state index in [2.05, 4.69) is 97.4 Å². The van der Waals surface area contributed by atoms with E-state index < -0.39 is 6.03 Å². The lowest BCUT2D eigenvalue weighted by Gasteiger charge is -2.12. The third kappa shape index (κ3) is 16.1. The molecule has 7 aromatic heterocycles. The molecule has 11 aromatic rings. The summed E-state index contributed by atoms with van der Waals surface area (Å²) in [7, 11) is 1.50. The van der Waals surface area contributed by atoms with Crippen molar-refractivity contribution in [2.45, 2.75) is 52.2 Å². The average molecular weight is 1160 g/mol. The van der Waals surface area contributed by atoms with Crippen LogP contribution in [0.4, 0.5) is 42.8 Å². The summed E-state index contributed by atoms with van der Waals surface area (Å²) >= 11 is 10.9. The van der Waals surface area contributed by atoms with Crippen molar-refractivity contribution in [3.63, 3.8) is 0 Å². The van der Waals surface area contributed by atoms with Crippen molar-refractivity contribution in [2.75, 3.05) is 33.7 Å². The number of urea groups is 3. The number of para-hydroxylation sites is 1. The van der Waals surface area contributed by atoms with Gasteiger partial charge in [0.15, 0.2) is 22.7 Å². The molecule has 0 aliphatic heterocycles. The van der Waals surface area contributed by atoms with Gasteiger partial charge in [-0.1, -0.05) is 54.1 Å². The van der Waals surface area contributed by atoms with Gasteiger partial charge in [0.1, 0.15) is 34.1 Å². The second kappa shape index (κ2) is 28.0. The van der Waals surface area contributed by atoms with E-state index in [1.807, 2.05) is 86.6 Å². The molecule has 7 heterocycles. The lowest BCUT2D eigenvalue weighted by atomic mass is 10.2. The minimum Gasteiger partial charge on any atom is -0.493 e. The summed E-state index contributed by atoms with van der Waals surface area (Å²) < 4.78 is 5.25. The number of fused-ring (bicyclic) bond motifs is 3. The van der Waals surface area contributed by atoms with Gasteiger partial charge in [-0.25, -0.2) is 44.3 Å². The largest absolute Gasteiger partial charge is 0.493 e. The molecule has 11 rings (SSSR count). The third-order valence-electron chi connectivity index (χ3n) is 11.1. The zero-order chi connectivity index (χ0) is 56.3. The van der Waals surface area contributed by atoms with Gasteiger partial charge in [0.25, 0.3) is 0 Å². The minimum absolute atomic E-state index is 0.0962. The number of H-pyrrole nitrogens is 3. The van der Waals surface area contributed by atoms with E-state index in [9.17, 15) is 14.4 Å². The summed E-state index contributed by atoms with van der Waals surface area (Å²) in [6, 6.07) is 30.9. The molecule has 6 amide bonds. The number of aromatic amines is 3. The zero-order valence-corrected chi connectivity index (χ0v) is 46.5. The van der Waals surface area contributed by atoms with Crippen molar-refractivity contribution in [3.8, 4) is 5.75 Å². The maximum absolute atomic E-state index is 12.4. The Bertz CT molecular complexity index is 3910. The molecule has 410 valence electrons. The van der Waals surface area contributed by atoms with E-state index >= 15 is 0 Å². The quantitative estimate of drug-likeness (QED) is 0.0321. The van der Waals surface area contributed by atoms with Crippen molar-refractivity contribution >= 4 is 127 Å². The Labute approximate surface area is 480 Å². The van der Waals surface area contributed by atoms with Gasteiger partial charge < -0.3 is 36.6 Å². The smallest absolute Gasteiger partial charge is 0.323 e. The van der Waals surface area contributed by atoms with Gasteiger partial charge in [-0.2, -0.15) is 15.3 Å². The van der Waals surface area contributed by atoms with Crippen molar-refractivity contribution in [3.05, 3.63) is 175 Å². The lowest BCUT2D eigenvalue weighted by molar-refractivity contribution is 0.250. The summed E-state index contributed by atoms with van der Waals surface area (Å²) in [4.78, 5) is 65.6. The summed E-state index contributed by atoms with van der Waals surface area (Å²) in [6.45, 7) is 3.84. The molecule has 0 unspecified atom stereocenters. The number of hydrogen-bond donors (Lipinski definition) is 9. The summed E-state index contributed by atoms with van der Waals surface area (Å²) in [6.07, 6.45) is 13.0. The Balaban J connectivity index is 0.000000148. The van der Waals surface area contributed by atoms with Crippen LogP contribution in [0.5, 0.6) is 5.75 Å². The number of methoxy groups -OCH3 is 1. The van der Waals surface area contributed by atoms with Crippen LogP contribution in [0.25, 0.3) is 33.1 Å². The first kappa shape index (κ1) is 56.4. The van der Waals surface area contributed by atoms with Gasteiger partial charge in [0, 0.05) is 46.6 Å². The van der Waals surface area contributed by atoms with Crippen molar-refractivity contribution in [1.29, 1.82) is 0 Å². The molecule has 0 saturated heterocycles. The van der Waals surface area contributed by atoms with Gasteiger partial charge in [-0.05, 0) is 91.2 Å². The molecule has 81 heavy (non-hydrogen) atoms. The number of rotatable bonds is 16. The fourth-order valence-corrected chi connectivity index (χ4v) is 10.5. The van der Waals surface area contributed by atoms with Crippen LogP contribution >= 0.6 is 46.9 Å². The van der Waals surface area contributed by atoms with Gasteiger partial charge in [-0.3, -0.25) is 20.3 Å². The van der Waals surface area contributed by atoms with Crippen LogP contribution in [0.2, 0.25) is 5.02 Å². The molecular formula is C54H50ClN19O4S3. The van der Waals surface area contributed by atoms with Crippen molar-refractivity contribution in [2.24, 2.45) is 0 Å². The Kier molecular flexibility index (Phi) is 19.5. The number of carbonyl (C=O) groups excluding carboxylic acids is 3. The molecule has 0 atom stereocenters. The minimum atomic E-state index is -0.392. The van der Waals surface area contributed by atoms with Gasteiger partial charge in [0.05, 0.1) is 64.5 Å². The molecule has 4 aromatic carbocycles. The van der Waals surface area contributed by atoms with E-state index in [1.54, 1.807) is 96.6 Å². The highest BCUT2D eigenvalue weighted by Crippen LogP contribution is 2.33. The fourth-order valence-electron chi connectivity index (χ4n) is 7.50. The molecule has 0 bridgehead atoms. The standard InChI is InChI=1S/C20H17ClN6O2S.C18H15N7OS.C16H18N6OS/c1-29-17-15(21)6-3-7-16(17)26-20(28)25-13-5-2-4-12(8-13)10-30-19-14-9-24-27-18(14)22-11-23-19;26-18(24-14-5-2-6-19-8-14)23-13-4-1-3-12(7-13)10-27-17-15-9-22-25-16(15)20-11-21-17;1-10(2)20-16(23)21-12-5-3-4-11(6-12)8-24-15-13-7-19-22-14(13)17-9-18-15/h2-9,11H,10H2,1H3,(H2,25,26,28)(H,22,23,24,27);1-9,11H,10H2,(H2,23,24,26)(H,20,21,22,25);3-7,9-10H,8H2,1-2H3,(H2,20,21,23)(H,17,18,19,22). The first-order chi connectivity index (χ1) is 39.5. The summed E-state index contributed by atoms with van der Waals surface area (Å²) in [5.41, 5.74) is 8.62. The number of halogens is 1. The van der Waals surface area contributed by atoms with E-state index in [-0.39, 0.29) is 18.1 Å². The zero-order valence-electron chi connectivity index (χ0n) is 43.3. The third-order valence-corrected chi connectivity index (χ3v) is 14.6. The Morgan fingerprint density at radius 3 is 1.37 bits per heavy atom. The van der Waals surface area contributed by atoms with E-state index in [0.717, 1.165) is 70.7 Å². The first-order valence-corrected chi connectivity index (χ1v) is 27.9. The normalized spacial score (nSPS) is 10.8. The average Bonchev–Trinajstić information content (AvgIpc) is 4.35. The molecule has 0 spiro atoms. The summed E-state index contributed by atoms with van der Waals surface area (Å²) in [5.74, 6) is 2.53. The van der Waals surface area contributed by atoms with Crippen LogP contribution in [0.15, 0.2) is 168 Å². The second-order valence-corrected chi connectivity index (χ2v) is 20.7. The number of nitrogens with zero attached hydrogens (tertiary/aromatic N) is 10. The Morgan fingerprint density at radius 1 is 0.519 bits per heavy atom. The maximum Gasteiger partial charge on any atom is 0.323 e. The van der Waals surface area contributed by atoms with Crippen LogP contribution in [-0.2, 0) is 17.3 Å². The molecule has 0 aliphatic carbocycles. The number of anilines is 5. The van der Waals surface area contributed by atoms with Crippen LogP contribution < -0.4 is 36.6 Å². The molecule has 9 N–H and O–H groups in total. The fraction of sp³-hybridized carbons (Fsp3) is 0.130. The highest BCUT2D eigenvalue weighted by molar-refractivity contribution is 7.99. The number of benzene rings is 4. The SMILES string of the molecule is CC(C)NC(=O)Nc1cccc(CSc2ncnc3[nH]ncc23)c1.COc1c(Cl)cccc1NC(=O)Nc1cccc(CSc2ncnc3[nH]ncc23)c1.O=C(Nc1cccnc1)Nc1cccc(CSc2ncnc3[nH]ncc23)c1. The van der Waals surface area contributed by atoms with Gasteiger partial charge in [-0.15, -0.1) is 35.3 Å². The van der Waals surface area contributed by atoms with E-state index in [0.29, 0.717) is 50.7 Å². The van der Waals surface area contributed by atoms with E-state index in [1.165, 1.54) is 26.1 Å². The van der Waals surface area contributed by atoms with Crippen molar-refractivity contribution in [1.82, 2.24) is 70.8 Å². The van der Waals surface area contributed by atoms with Crippen LogP contribution in [0.1, 0.15) is 30.5 Å².